The number of aromatic nitrogens is 3. The minimum Gasteiger partial charge on any atom is -0.496 e. The van der Waals surface area contributed by atoms with Gasteiger partial charge in [-0.3, -0.25) is 4.90 Å². The second-order valence-electron chi connectivity index (χ2n) is 6.31. The second kappa shape index (κ2) is 6.33. The highest BCUT2D eigenvalue weighted by Crippen LogP contribution is 2.33. The smallest absolute Gasteiger partial charge is 0.245 e. The fourth-order valence-electron chi connectivity index (χ4n) is 3.37. The number of methoxy groups -OCH3 is 1. The van der Waals surface area contributed by atoms with E-state index in [-0.39, 0.29) is 6.04 Å². The number of benzene rings is 1. The number of hydrogen-bond acceptors (Lipinski definition) is 7. The van der Waals surface area contributed by atoms with E-state index in [1.807, 2.05) is 31.3 Å². The summed E-state index contributed by atoms with van der Waals surface area (Å²) in [5.41, 5.74) is 0. The molecule has 1 fully saturated rings. The standard InChI is InChI=1S/C18H21N5O2/c1-12-20-18(25-21-12)15-11-23(10-9-22(15)2)17-14-5-4-6-16(24-3)13(14)7-8-19-17/h4-8,15H,9-11H2,1-3H3. The summed E-state index contributed by atoms with van der Waals surface area (Å²) in [6.07, 6.45) is 1.84. The van der Waals surface area contributed by atoms with E-state index in [0.29, 0.717) is 11.7 Å². The van der Waals surface area contributed by atoms with Crippen molar-refractivity contribution in [3.63, 3.8) is 0 Å². The van der Waals surface area contributed by atoms with Gasteiger partial charge in [0, 0.05) is 36.6 Å². The first-order valence-electron chi connectivity index (χ1n) is 8.34. The van der Waals surface area contributed by atoms with E-state index in [9.17, 15) is 0 Å². The van der Waals surface area contributed by atoms with Crippen LogP contribution in [0.15, 0.2) is 35.0 Å². The lowest BCUT2D eigenvalue weighted by molar-refractivity contribution is 0.177. The fourth-order valence-corrected chi connectivity index (χ4v) is 3.37. The molecule has 3 heterocycles. The SMILES string of the molecule is COc1cccc2c(N3CCN(C)C(c4nc(C)no4)C3)nccc12. The molecule has 0 N–H and O–H groups in total. The van der Waals surface area contributed by atoms with E-state index in [2.05, 4.69) is 38.0 Å². The lowest BCUT2D eigenvalue weighted by Crippen LogP contribution is -2.47. The normalized spacial score (nSPS) is 18.7. The number of fused-ring (bicyclic) bond motifs is 1. The quantitative estimate of drug-likeness (QED) is 0.726. The maximum Gasteiger partial charge on any atom is 0.245 e. The lowest BCUT2D eigenvalue weighted by Gasteiger charge is -2.38. The monoisotopic (exact) mass is 339 g/mol. The van der Waals surface area contributed by atoms with Crippen molar-refractivity contribution < 1.29 is 9.26 Å². The van der Waals surface area contributed by atoms with Gasteiger partial charge >= 0.3 is 0 Å². The molecule has 0 radical (unpaired) electrons. The minimum atomic E-state index is 0.0533. The van der Waals surface area contributed by atoms with Gasteiger partial charge in [0.25, 0.3) is 0 Å². The van der Waals surface area contributed by atoms with Gasteiger partial charge in [-0.15, -0.1) is 0 Å². The van der Waals surface area contributed by atoms with Gasteiger partial charge in [0.2, 0.25) is 5.89 Å². The molecule has 1 unspecified atom stereocenters. The van der Waals surface area contributed by atoms with E-state index in [4.69, 9.17) is 9.26 Å². The van der Waals surface area contributed by atoms with Crippen molar-refractivity contribution in [3.05, 3.63) is 42.2 Å². The molecule has 0 saturated carbocycles. The number of ether oxygens (including phenoxy) is 1. The van der Waals surface area contributed by atoms with Crippen LogP contribution in [0.25, 0.3) is 10.8 Å². The summed E-state index contributed by atoms with van der Waals surface area (Å²) in [7, 11) is 3.78. The van der Waals surface area contributed by atoms with Gasteiger partial charge in [0.15, 0.2) is 5.82 Å². The molecule has 4 rings (SSSR count). The van der Waals surface area contributed by atoms with Crippen LogP contribution in [0.5, 0.6) is 5.75 Å². The Morgan fingerprint density at radius 1 is 1.20 bits per heavy atom. The summed E-state index contributed by atoms with van der Waals surface area (Å²) >= 11 is 0. The average Bonchev–Trinajstić information content (AvgIpc) is 3.07. The number of piperazine rings is 1. The van der Waals surface area contributed by atoms with Gasteiger partial charge in [-0.2, -0.15) is 4.98 Å². The summed E-state index contributed by atoms with van der Waals surface area (Å²) in [5, 5.41) is 6.09. The molecule has 1 aromatic carbocycles. The Hall–Kier alpha value is -2.67. The van der Waals surface area contributed by atoms with Crippen LogP contribution in [0.4, 0.5) is 5.82 Å². The predicted molar refractivity (Wildman–Crippen MR) is 94.9 cm³/mol. The van der Waals surface area contributed by atoms with Crippen LogP contribution >= 0.6 is 0 Å². The van der Waals surface area contributed by atoms with Crippen LogP contribution in [-0.4, -0.2) is 53.8 Å². The topological polar surface area (TPSA) is 67.5 Å². The second-order valence-corrected chi connectivity index (χ2v) is 6.31. The molecule has 2 aromatic heterocycles. The van der Waals surface area contributed by atoms with Crippen molar-refractivity contribution in [1.82, 2.24) is 20.0 Å². The molecule has 1 saturated heterocycles. The zero-order valence-electron chi connectivity index (χ0n) is 14.6. The van der Waals surface area contributed by atoms with Gasteiger partial charge in [0.1, 0.15) is 17.6 Å². The number of aryl methyl sites for hydroxylation is 1. The van der Waals surface area contributed by atoms with Gasteiger partial charge in [0.05, 0.1) is 7.11 Å². The number of hydrogen-bond donors (Lipinski definition) is 0. The van der Waals surface area contributed by atoms with E-state index in [0.717, 1.165) is 42.0 Å². The molecule has 0 bridgehead atoms. The Morgan fingerprint density at radius 3 is 2.84 bits per heavy atom. The number of anilines is 1. The fraction of sp³-hybridized carbons (Fsp3) is 0.389. The summed E-state index contributed by atoms with van der Waals surface area (Å²) in [4.78, 5) is 13.6. The van der Waals surface area contributed by atoms with Crippen molar-refractivity contribution in [3.8, 4) is 5.75 Å². The van der Waals surface area contributed by atoms with Crippen molar-refractivity contribution >= 4 is 16.6 Å². The third-order valence-electron chi connectivity index (χ3n) is 4.74. The summed E-state index contributed by atoms with van der Waals surface area (Å²) in [6.45, 7) is 4.38. The molecule has 1 aliphatic heterocycles. The Bertz CT molecular complexity index is 894. The van der Waals surface area contributed by atoms with Gasteiger partial charge in [-0.25, -0.2) is 4.98 Å². The van der Waals surface area contributed by atoms with Crippen molar-refractivity contribution in [2.24, 2.45) is 0 Å². The Balaban J connectivity index is 1.71. The van der Waals surface area contributed by atoms with Gasteiger partial charge in [-0.1, -0.05) is 17.3 Å². The van der Waals surface area contributed by atoms with E-state index < -0.39 is 0 Å². The van der Waals surface area contributed by atoms with Crippen LogP contribution in [0.1, 0.15) is 17.8 Å². The van der Waals surface area contributed by atoms with Crippen LogP contribution in [0.2, 0.25) is 0 Å². The molecule has 0 amide bonds. The molecule has 7 nitrogen and oxygen atoms in total. The third-order valence-corrected chi connectivity index (χ3v) is 4.74. The van der Waals surface area contributed by atoms with Gasteiger partial charge in [-0.05, 0) is 26.1 Å². The average molecular weight is 339 g/mol. The highest BCUT2D eigenvalue weighted by atomic mass is 16.5. The maximum atomic E-state index is 5.49. The molecule has 0 aliphatic carbocycles. The van der Waals surface area contributed by atoms with Crippen LogP contribution < -0.4 is 9.64 Å². The first-order valence-corrected chi connectivity index (χ1v) is 8.34. The van der Waals surface area contributed by atoms with Gasteiger partial charge < -0.3 is 14.2 Å². The van der Waals surface area contributed by atoms with Crippen LogP contribution in [0, 0.1) is 6.92 Å². The predicted octanol–water partition coefficient (Wildman–Crippen LogP) is 2.43. The molecular formula is C18H21N5O2. The molecule has 1 atom stereocenters. The summed E-state index contributed by atoms with van der Waals surface area (Å²) < 4.78 is 10.9. The Kier molecular flexibility index (Phi) is 4.01. The van der Waals surface area contributed by atoms with E-state index in [1.54, 1.807) is 7.11 Å². The first-order chi connectivity index (χ1) is 12.2. The first kappa shape index (κ1) is 15.8. The highest BCUT2D eigenvalue weighted by molar-refractivity contribution is 5.96. The molecule has 7 heteroatoms. The van der Waals surface area contributed by atoms with Crippen molar-refractivity contribution in [2.45, 2.75) is 13.0 Å². The third kappa shape index (κ3) is 2.80. The molecule has 130 valence electrons. The van der Waals surface area contributed by atoms with Crippen molar-refractivity contribution in [2.75, 3.05) is 38.7 Å². The van der Waals surface area contributed by atoms with E-state index >= 15 is 0 Å². The zero-order valence-corrected chi connectivity index (χ0v) is 14.6. The summed E-state index contributed by atoms with van der Waals surface area (Å²) in [6, 6.07) is 8.11. The molecule has 0 spiro atoms. The zero-order chi connectivity index (χ0) is 17.4. The highest BCUT2D eigenvalue weighted by Gasteiger charge is 2.31. The van der Waals surface area contributed by atoms with Crippen LogP contribution in [0.3, 0.4) is 0 Å². The maximum absolute atomic E-state index is 5.49. The number of nitrogens with zero attached hydrogens (tertiary/aromatic N) is 5. The largest absolute Gasteiger partial charge is 0.496 e. The molecule has 25 heavy (non-hydrogen) atoms. The molecule has 3 aromatic rings. The molecule has 1 aliphatic rings. The minimum absolute atomic E-state index is 0.0533. The van der Waals surface area contributed by atoms with E-state index in [1.165, 1.54) is 0 Å². The number of rotatable bonds is 3. The van der Waals surface area contributed by atoms with Crippen molar-refractivity contribution in [1.29, 1.82) is 0 Å². The summed E-state index contributed by atoms with van der Waals surface area (Å²) in [5.74, 6) is 3.14. The number of pyridine rings is 1. The van der Waals surface area contributed by atoms with Crippen LogP contribution in [-0.2, 0) is 0 Å². The lowest BCUT2D eigenvalue weighted by atomic mass is 10.1. The molecular weight excluding hydrogens is 318 g/mol. The number of likely N-dealkylation sites (N-methyl/N-ethyl adjacent to an activating group) is 1. The Morgan fingerprint density at radius 2 is 2.08 bits per heavy atom. The Labute approximate surface area is 146 Å².